The highest BCUT2D eigenvalue weighted by molar-refractivity contribution is 5.95. The second-order valence-electron chi connectivity index (χ2n) is 14.6. The number of aliphatic carboxylic acids is 1. The third-order valence-corrected chi connectivity index (χ3v) is 9.45. The normalized spacial score (nSPS) is 24.8. The quantitative estimate of drug-likeness (QED) is 0.283. The molecule has 1 saturated carbocycles. The second kappa shape index (κ2) is 14.0. The molecule has 3 aromatic rings. The highest BCUT2D eigenvalue weighted by atomic mass is 16.5. The number of hydrogen-bond donors (Lipinski definition) is 3. The predicted octanol–water partition coefficient (Wildman–Crippen LogP) is 5.32. The maximum atomic E-state index is 14.3. The first kappa shape index (κ1) is 34.7. The largest absolute Gasteiger partial charge is 0.497 e. The fourth-order valence-corrected chi connectivity index (χ4v) is 6.77. The number of carbonyl (C=O) groups is 4. The van der Waals surface area contributed by atoms with E-state index in [2.05, 4.69) is 10.7 Å². The van der Waals surface area contributed by atoms with E-state index in [0.29, 0.717) is 35.6 Å². The third kappa shape index (κ3) is 7.54. The fraction of sp³-hybridized carbons (Fsp3) is 0.447. The van der Waals surface area contributed by atoms with Gasteiger partial charge >= 0.3 is 12.0 Å². The molecule has 3 aliphatic rings. The van der Waals surface area contributed by atoms with Gasteiger partial charge in [0, 0.05) is 48.4 Å². The minimum atomic E-state index is -1.43. The van der Waals surface area contributed by atoms with E-state index in [9.17, 15) is 24.3 Å². The Kier molecular flexibility index (Phi) is 9.73. The Hall–Kier alpha value is -5.13. The highest BCUT2D eigenvalue weighted by Gasteiger charge is 2.61. The molecule has 12 heteroatoms. The molecule has 0 unspecified atom stereocenters. The van der Waals surface area contributed by atoms with Crippen molar-refractivity contribution in [1.82, 2.24) is 25.6 Å². The Morgan fingerprint density at radius 3 is 2.60 bits per heavy atom. The summed E-state index contributed by atoms with van der Waals surface area (Å²) in [5.41, 5.74) is 3.27. The Balaban J connectivity index is 1.34. The lowest BCUT2D eigenvalue weighted by Gasteiger charge is -2.32. The summed E-state index contributed by atoms with van der Waals surface area (Å²) in [6, 6.07) is 15.4. The monoisotopic (exact) mass is 683 g/mol. The zero-order valence-electron chi connectivity index (χ0n) is 29.0. The molecule has 3 heterocycles. The van der Waals surface area contributed by atoms with E-state index in [4.69, 9.17) is 14.5 Å². The van der Waals surface area contributed by atoms with Crippen LogP contribution in [0.4, 0.5) is 4.79 Å². The van der Waals surface area contributed by atoms with Crippen LogP contribution in [0.25, 0.3) is 22.2 Å². The number of amides is 4. The molecule has 264 valence electrons. The summed E-state index contributed by atoms with van der Waals surface area (Å²) < 4.78 is 12.1. The average molecular weight is 684 g/mol. The first-order valence-electron chi connectivity index (χ1n) is 17.2. The molecule has 0 spiro atoms. The first-order valence-corrected chi connectivity index (χ1v) is 17.2. The number of pyridine rings is 1. The number of benzene rings is 2. The summed E-state index contributed by atoms with van der Waals surface area (Å²) in [4.78, 5) is 60.1. The Bertz CT molecular complexity index is 1810. The Labute approximate surface area is 291 Å². The smallest absolute Gasteiger partial charge is 0.339 e. The summed E-state index contributed by atoms with van der Waals surface area (Å²) in [6.07, 6.45) is 5.74. The summed E-state index contributed by atoms with van der Waals surface area (Å²) >= 11 is 0. The lowest BCUT2D eigenvalue weighted by molar-refractivity contribution is -0.144. The number of carboxylic acids is 1. The van der Waals surface area contributed by atoms with Gasteiger partial charge in [-0.3, -0.25) is 15.0 Å². The van der Waals surface area contributed by atoms with Crippen molar-refractivity contribution in [3.63, 3.8) is 0 Å². The lowest BCUT2D eigenvalue weighted by atomic mass is 9.92. The van der Waals surface area contributed by atoms with Crippen molar-refractivity contribution in [2.45, 2.75) is 77.0 Å². The van der Waals surface area contributed by atoms with Gasteiger partial charge in [-0.25, -0.2) is 19.6 Å². The fourth-order valence-electron chi connectivity index (χ4n) is 6.77. The van der Waals surface area contributed by atoms with Crippen molar-refractivity contribution in [2.75, 3.05) is 20.2 Å². The molecule has 12 nitrogen and oxygen atoms in total. The Morgan fingerprint density at radius 2 is 1.88 bits per heavy atom. The minimum Gasteiger partial charge on any atom is -0.497 e. The molecule has 1 aromatic heterocycles. The van der Waals surface area contributed by atoms with Crippen LogP contribution in [0.15, 0.2) is 66.7 Å². The van der Waals surface area contributed by atoms with E-state index in [1.165, 1.54) is 9.91 Å². The van der Waals surface area contributed by atoms with Crippen LogP contribution >= 0.6 is 0 Å². The van der Waals surface area contributed by atoms with Crippen LogP contribution in [-0.2, 0) is 14.4 Å². The van der Waals surface area contributed by atoms with Crippen molar-refractivity contribution in [3.8, 4) is 22.8 Å². The number of rotatable bonds is 7. The van der Waals surface area contributed by atoms with E-state index in [-0.39, 0.29) is 49.6 Å². The van der Waals surface area contributed by atoms with E-state index in [0.717, 1.165) is 17.4 Å². The van der Waals surface area contributed by atoms with Crippen LogP contribution in [0.3, 0.4) is 0 Å². The number of nitrogens with zero attached hydrogens (tertiary/aromatic N) is 3. The molecule has 4 amide bonds. The molecule has 3 N–H and O–H groups in total. The van der Waals surface area contributed by atoms with Gasteiger partial charge in [0.05, 0.1) is 24.9 Å². The molecule has 6 rings (SSSR count). The van der Waals surface area contributed by atoms with E-state index < -0.39 is 35.6 Å². The van der Waals surface area contributed by atoms with Gasteiger partial charge in [0.1, 0.15) is 29.2 Å². The SMILES string of the molecule is COc1ccc2c(O[C@@H]3C[C@H]4C(=O)N[C@]5(C(=O)O)C[C@H]5/C=C\CCCCN(NC(=O)CC(C)(C)C)C(=O)N4C3)cc(-c3ccccc3)nc2c1. The molecule has 0 bridgehead atoms. The number of allylic oxidation sites excluding steroid dienone is 1. The average Bonchev–Trinajstić information content (AvgIpc) is 3.61. The number of aromatic nitrogens is 1. The maximum Gasteiger partial charge on any atom is 0.339 e. The maximum absolute atomic E-state index is 14.3. The standard InChI is InChI=1S/C38H45N5O7/c1-37(2,3)22-33(44)41-43-17-11-6-5-10-14-25-21-38(25,35(46)47)40-34(45)31-19-27(23-42(31)36(43)48)50-32-20-29(24-12-8-7-9-13-24)39-30-18-26(49-4)15-16-28(30)32/h7-10,12-16,18,20,25,27,31H,5-6,11,17,19,21-23H2,1-4H3,(H,40,45)(H,41,44)(H,46,47)/b14-10-/t25-,27-,31+,38-/m1/s1. The number of fused-ring (bicyclic) bond motifs is 3. The number of carboxylic acid groups (broad SMARTS) is 1. The van der Waals surface area contributed by atoms with Crippen molar-refractivity contribution in [2.24, 2.45) is 11.3 Å². The number of carbonyl (C=O) groups excluding carboxylic acids is 3. The topological polar surface area (TPSA) is 150 Å². The first-order chi connectivity index (χ1) is 23.9. The van der Waals surface area contributed by atoms with Crippen LogP contribution in [0, 0.1) is 11.3 Å². The van der Waals surface area contributed by atoms with Crippen LogP contribution in [0.2, 0.25) is 0 Å². The molecular formula is C38H45N5O7. The minimum absolute atomic E-state index is 0.0343. The number of hydrazine groups is 1. The van der Waals surface area contributed by atoms with Gasteiger partial charge < -0.3 is 24.8 Å². The van der Waals surface area contributed by atoms with Crippen molar-refractivity contribution in [1.29, 1.82) is 0 Å². The number of urea groups is 1. The molecular weight excluding hydrogens is 638 g/mol. The lowest BCUT2D eigenvalue weighted by Crippen LogP contribution is -2.58. The molecule has 1 saturated heterocycles. The van der Waals surface area contributed by atoms with Gasteiger partial charge in [0.2, 0.25) is 11.8 Å². The van der Waals surface area contributed by atoms with Crippen LogP contribution in [-0.4, -0.2) is 81.7 Å². The van der Waals surface area contributed by atoms with Crippen molar-refractivity contribution >= 4 is 34.7 Å². The summed E-state index contributed by atoms with van der Waals surface area (Å²) in [7, 11) is 1.59. The van der Waals surface area contributed by atoms with Gasteiger partial charge in [-0.1, -0.05) is 63.3 Å². The predicted molar refractivity (Wildman–Crippen MR) is 187 cm³/mol. The summed E-state index contributed by atoms with van der Waals surface area (Å²) in [5, 5.41) is 15.0. The summed E-state index contributed by atoms with van der Waals surface area (Å²) in [5.74, 6) is -1.18. The molecule has 1 aliphatic carbocycles. The van der Waals surface area contributed by atoms with Gasteiger partial charge in [-0.15, -0.1) is 0 Å². The van der Waals surface area contributed by atoms with Crippen LogP contribution < -0.4 is 20.2 Å². The second-order valence-corrected chi connectivity index (χ2v) is 14.6. The van der Waals surface area contributed by atoms with Gasteiger partial charge in [-0.05, 0) is 43.2 Å². The van der Waals surface area contributed by atoms with Gasteiger partial charge in [0.15, 0.2) is 0 Å². The molecule has 2 fully saturated rings. The number of ether oxygens (including phenoxy) is 2. The van der Waals surface area contributed by atoms with Crippen LogP contribution in [0.1, 0.15) is 59.3 Å². The van der Waals surface area contributed by atoms with Crippen LogP contribution in [0.5, 0.6) is 11.5 Å². The van der Waals surface area contributed by atoms with Gasteiger partial charge in [-0.2, -0.15) is 0 Å². The van der Waals surface area contributed by atoms with E-state index in [1.807, 2.05) is 87.5 Å². The van der Waals surface area contributed by atoms with Crippen molar-refractivity contribution < 1.29 is 33.8 Å². The molecule has 2 aliphatic heterocycles. The molecule has 50 heavy (non-hydrogen) atoms. The van der Waals surface area contributed by atoms with E-state index >= 15 is 0 Å². The molecule has 2 aromatic carbocycles. The number of nitrogens with one attached hydrogen (secondary N) is 2. The summed E-state index contributed by atoms with van der Waals surface area (Å²) in [6.45, 7) is 6.11. The third-order valence-electron chi connectivity index (χ3n) is 9.45. The highest BCUT2D eigenvalue weighted by Crippen LogP contribution is 2.45. The zero-order chi connectivity index (χ0) is 35.6. The van der Waals surface area contributed by atoms with E-state index in [1.54, 1.807) is 7.11 Å². The molecule has 0 radical (unpaired) electrons. The molecule has 4 atom stereocenters. The zero-order valence-corrected chi connectivity index (χ0v) is 29.0. The number of methoxy groups -OCH3 is 1. The van der Waals surface area contributed by atoms with Gasteiger partial charge in [0.25, 0.3) is 0 Å². The number of hydrogen-bond acceptors (Lipinski definition) is 7. The van der Waals surface area contributed by atoms with Crippen molar-refractivity contribution in [3.05, 3.63) is 66.7 Å². The Morgan fingerprint density at radius 1 is 1.10 bits per heavy atom.